The number of hydrogen-bond donors (Lipinski definition) is 1. The van der Waals surface area contributed by atoms with Crippen LogP contribution >= 0.6 is 0 Å². The summed E-state index contributed by atoms with van der Waals surface area (Å²) in [6.07, 6.45) is 4.94. The Morgan fingerprint density at radius 2 is 2.11 bits per heavy atom. The normalized spacial score (nSPS) is 17.1. The minimum absolute atomic E-state index is 0.0108. The predicted molar refractivity (Wildman–Crippen MR) is 99.6 cm³/mol. The van der Waals surface area contributed by atoms with Crippen molar-refractivity contribution in [3.05, 3.63) is 54.2 Å². The van der Waals surface area contributed by atoms with Crippen molar-refractivity contribution in [3.8, 4) is 0 Å². The zero-order chi connectivity index (χ0) is 18.8. The van der Waals surface area contributed by atoms with E-state index < -0.39 is 0 Å². The number of Topliss-reactive ketones (excluding diaryl/α,β-unsaturated/α-hetero) is 1. The summed E-state index contributed by atoms with van der Waals surface area (Å²) in [5, 5.41) is 7.16. The number of amides is 2. The highest BCUT2D eigenvalue weighted by molar-refractivity contribution is 5.97. The molecular formula is C19H20N6O2. The quantitative estimate of drug-likeness (QED) is 0.721. The number of piperidine rings is 1. The van der Waals surface area contributed by atoms with Crippen LogP contribution < -0.4 is 5.32 Å². The second-order valence-corrected chi connectivity index (χ2v) is 6.64. The fraction of sp³-hybridized carbons (Fsp3) is 0.316. The standard InChI is InChI=1S/C19H20N6O2/c1-13-21-18-16(8-5-11-25(18)23-13)22-19(27)24-10-4-6-14(12-24)17(26)15-7-2-3-9-20-15/h2-3,5,7-9,11,14H,4,6,10,12H2,1H3,(H,22,27)/t14-/m0/s1. The maximum absolute atomic E-state index is 12.8. The third-order valence-electron chi connectivity index (χ3n) is 4.71. The Labute approximate surface area is 156 Å². The summed E-state index contributed by atoms with van der Waals surface area (Å²) < 4.78 is 1.63. The molecule has 0 spiro atoms. The molecule has 8 heteroatoms. The lowest BCUT2D eigenvalue weighted by atomic mass is 9.92. The van der Waals surface area contributed by atoms with Gasteiger partial charge in [-0.3, -0.25) is 9.78 Å². The van der Waals surface area contributed by atoms with Crippen molar-refractivity contribution < 1.29 is 9.59 Å². The van der Waals surface area contributed by atoms with Gasteiger partial charge in [0.2, 0.25) is 0 Å². The van der Waals surface area contributed by atoms with Crippen molar-refractivity contribution in [2.45, 2.75) is 19.8 Å². The first-order valence-corrected chi connectivity index (χ1v) is 8.95. The lowest BCUT2D eigenvalue weighted by Gasteiger charge is -2.31. The SMILES string of the molecule is Cc1nc2c(NC(=O)N3CCC[C@H](C(=O)c4ccccn4)C3)cccn2n1. The zero-order valence-electron chi connectivity index (χ0n) is 15.0. The average Bonchev–Trinajstić information content (AvgIpc) is 3.09. The van der Waals surface area contributed by atoms with Gasteiger partial charge in [-0.1, -0.05) is 6.07 Å². The van der Waals surface area contributed by atoms with Gasteiger partial charge in [-0.2, -0.15) is 5.10 Å². The van der Waals surface area contributed by atoms with Crippen LogP contribution in [-0.4, -0.2) is 49.4 Å². The largest absolute Gasteiger partial charge is 0.324 e. The molecule has 27 heavy (non-hydrogen) atoms. The number of hydrogen-bond acceptors (Lipinski definition) is 5. The van der Waals surface area contributed by atoms with Crippen LogP contribution in [0.5, 0.6) is 0 Å². The summed E-state index contributed by atoms with van der Waals surface area (Å²) in [5.41, 5.74) is 1.65. The minimum atomic E-state index is -0.234. The first-order chi connectivity index (χ1) is 13.1. The fourth-order valence-electron chi connectivity index (χ4n) is 3.40. The summed E-state index contributed by atoms with van der Waals surface area (Å²) in [5.74, 6) is 0.393. The first-order valence-electron chi connectivity index (χ1n) is 8.95. The Morgan fingerprint density at radius 1 is 1.22 bits per heavy atom. The molecule has 4 heterocycles. The number of carbonyl (C=O) groups excluding carboxylic acids is 2. The Morgan fingerprint density at radius 3 is 2.93 bits per heavy atom. The Hall–Kier alpha value is -3.29. The molecule has 4 rings (SSSR count). The molecule has 1 atom stereocenters. The second kappa shape index (κ2) is 7.14. The van der Waals surface area contributed by atoms with Crippen LogP contribution in [0.25, 0.3) is 5.65 Å². The van der Waals surface area contributed by atoms with E-state index in [9.17, 15) is 9.59 Å². The fourth-order valence-corrected chi connectivity index (χ4v) is 3.40. The van der Waals surface area contributed by atoms with E-state index in [0.717, 1.165) is 12.8 Å². The van der Waals surface area contributed by atoms with E-state index in [0.29, 0.717) is 35.9 Å². The Bertz CT molecular complexity index is 984. The monoisotopic (exact) mass is 364 g/mol. The predicted octanol–water partition coefficient (Wildman–Crippen LogP) is 2.56. The van der Waals surface area contributed by atoms with Gasteiger partial charge in [-0.05, 0) is 44.0 Å². The van der Waals surface area contributed by atoms with Crippen LogP contribution in [0, 0.1) is 12.8 Å². The number of fused-ring (bicyclic) bond motifs is 1. The summed E-state index contributed by atoms with van der Waals surface area (Å²) in [4.78, 5) is 35.6. The molecule has 0 saturated carbocycles. The van der Waals surface area contributed by atoms with Gasteiger partial charge in [0, 0.05) is 31.4 Å². The van der Waals surface area contributed by atoms with Crippen LogP contribution in [0.4, 0.5) is 10.5 Å². The summed E-state index contributed by atoms with van der Waals surface area (Å²) in [6.45, 7) is 2.81. The molecule has 3 aromatic rings. The van der Waals surface area contributed by atoms with Gasteiger partial charge in [0.1, 0.15) is 11.5 Å². The minimum Gasteiger partial charge on any atom is -0.324 e. The number of anilines is 1. The lowest BCUT2D eigenvalue weighted by molar-refractivity contribution is 0.0846. The molecule has 0 aromatic carbocycles. The molecule has 0 aliphatic carbocycles. The van der Waals surface area contributed by atoms with E-state index in [1.807, 2.05) is 0 Å². The van der Waals surface area contributed by atoms with Crippen LogP contribution in [0.15, 0.2) is 42.7 Å². The van der Waals surface area contributed by atoms with Gasteiger partial charge >= 0.3 is 6.03 Å². The third-order valence-corrected chi connectivity index (χ3v) is 4.71. The van der Waals surface area contributed by atoms with E-state index in [1.165, 1.54) is 0 Å². The summed E-state index contributed by atoms with van der Waals surface area (Å²) in [7, 11) is 0. The second-order valence-electron chi connectivity index (χ2n) is 6.64. The van der Waals surface area contributed by atoms with Gasteiger partial charge in [0.05, 0.1) is 5.69 Å². The van der Waals surface area contributed by atoms with E-state index in [1.54, 1.807) is 59.1 Å². The van der Waals surface area contributed by atoms with E-state index in [-0.39, 0.29) is 17.7 Å². The van der Waals surface area contributed by atoms with Crippen molar-refractivity contribution in [2.75, 3.05) is 18.4 Å². The van der Waals surface area contributed by atoms with E-state index in [2.05, 4.69) is 20.4 Å². The highest BCUT2D eigenvalue weighted by Gasteiger charge is 2.29. The molecule has 0 bridgehead atoms. The van der Waals surface area contributed by atoms with Gasteiger partial charge in [0.15, 0.2) is 11.4 Å². The highest BCUT2D eigenvalue weighted by Crippen LogP contribution is 2.22. The molecule has 3 aromatic heterocycles. The number of pyridine rings is 2. The van der Waals surface area contributed by atoms with Crippen LogP contribution in [-0.2, 0) is 0 Å². The molecule has 1 N–H and O–H groups in total. The van der Waals surface area contributed by atoms with Crippen molar-refractivity contribution in [1.29, 1.82) is 0 Å². The maximum atomic E-state index is 12.8. The molecule has 1 aliphatic heterocycles. The number of aromatic nitrogens is 4. The molecule has 2 amide bonds. The van der Waals surface area contributed by atoms with Crippen LogP contribution in [0.3, 0.4) is 0 Å². The average molecular weight is 364 g/mol. The number of ketones is 1. The molecule has 1 saturated heterocycles. The number of aryl methyl sites for hydroxylation is 1. The van der Waals surface area contributed by atoms with Gasteiger partial charge in [-0.25, -0.2) is 14.3 Å². The Balaban J connectivity index is 1.48. The Kier molecular flexibility index (Phi) is 4.53. The zero-order valence-corrected chi connectivity index (χ0v) is 15.0. The number of carbonyl (C=O) groups is 2. The summed E-state index contributed by atoms with van der Waals surface area (Å²) in [6, 6.07) is 8.67. The van der Waals surface area contributed by atoms with E-state index >= 15 is 0 Å². The van der Waals surface area contributed by atoms with Crippen molar-refractivity contribution in [3.63, 3.8) is 0 Å². The maximum Gasteiger partial charge on any atom is 0.321 e. The van der Waals surface area contributed by atoms with Crippen LogP contribution in [0.2, 0.25) is 0 Å². The molecule has 0 unspecified atom stereocenters. The summed E-state index contributed by atoms with van der Waals surface area (Å²) >= 11 is 0. The van der Waals surface area contributed by atoms with Gasteiger partial charge in [-0.15, -0.1) is 0 Å². The van der Waals surface area contributed by atoms with E-state index in [4.69, 9.17) is 0 Å². The van der Waals surface area contributed by atoms with Crippen molar-refractivity contribution in [2.24, 2.45) is 5.92 Å². The molecule has 1 aliphatic rings. The highest BCUT2D eigenvalue weighted by atomic mass is 16.2. The van der Waals surface area contributed by atoms with Gasteiger partial charge in [0.25, 0.3) is 0 Å². The topological polar surface area (TPSA) is 92.5 Å². The molecule has 0 radical (unpaired) electrons. The van der Waals surface area contributed by atoms with Gasteiger partial charge < -0.3 is 10.2 Å². The third kappa shape index (κ3) is 3.51. The number of rotatable bonds is 3. The number of nitrogens with zero attached hydrogens (tertiary/aromatic N) is 5. The van der Waals surface area contributed by atoms with Crippen molar-refractivity contribution >= 4 is 23.1 Å². The number of likely N-dealkylation sites (tertiary alicyclic amines) is 1. The lowest BCUT2D eigenvalue weighted by Crippen LogP contribution is -2.44. The number of nitrogens with one attached hydrogen (secondary N) is 1. The molecular weight excluding hydrogens is 344 g/mol. The number of urea groups is 1. The first kappa shape index (κ1) is 17.1. The van der Waals surface area contributed by atoms with Crippen molar-refractivity contribution in [1.82, 2.24) is 24.5 Å². The molecule has 138 valence electrons. The molecule has 1 fully saturated rings. The molecule has 8 nitrogen and oxygen atoms in total. The van der Waals surface area contributed by atoms with Crippen LogP contribution in [0.1, 0.15) is 29.2 Å². The smallest absolute Gasteiger partial charge is 0.321 e.